The third kappa shape index (κ3) is 5.37. The topological polar surface area (TPSA) is 83.1 Å². The summed E-state index contributed by atoms with van der Waals surface area (Å²) in [5.74, 6) is 0.176. The zero-order valence-corrected chi connectivity index (χ0v) is 11.3. The van der Waals surface area contributed by atoms with Crippen LogP contribution < -0.4 is 16.0 Å². The molecular weight excluding hydrogens is 244 g/mol. The van der Waals surface area contributed by atoms with E-state index in [1.807, 2.05) is 6.92 Å². The Morgan fingerprint density at radius 2 is 2.05 bits per heavy atom. The van der Waals surface area contributed by atoms with Crippen molar-refractivity contribution in [2.24, 2.45) is 0 Å². The fourth-order valence-electron chi connectivity index (χ4n) is 1.44. The molecule has 2 amide bonds. The van der Waals surface area contributed by atoms with E-state index in [2.05, 4.69) is 27.9 Å². The third-order valence-corrected chi connectivity index (χ3v) is 2.36. The lowest BCUT2D eigenvalue weighted by Gasteiger charge is -2.07. The lowest BCUT2D eigenvalue weighted by molar-refractivity contribution is -0.120. The number of carbonyl (C=O) groups is 2. The van der Waals surface area contributed by atoms with E-state index in [1.54, 1.807) is 18.3 Å². The van der Waals surface area contributed by atoms with E-state index in [-0.39, 0.29) is 18.4 Å². The van der Waals surface area contributed by atoms with Crippen LogP contribution in [0.1, 0.15) is 30.6 Å². The Morgan fingerprint density at radius 1 is 1.26 bits per heavy atom. The summed E-state index contributed by atoms with van der Waals surface area (Å²) in [6, 6.07) is 3.28. The van der Waals surface area contributed by atoms with Crippen LogP contribution >= 0.6 is 0 Å². The van der Waals surface area contributed by atoms with Crippen LogP contribution in [-0.2, 0) is 4.79 Å². The second kappa shape index (κ2) is 8.07. The molecule has 0 unspecified atom stereocenters. The van der Waals surface area contributed by atoms with Gasteiger partial charge in [-0.25, -0.2) is 4.98 Å². The summed E-state index contributed by atoms with van der Waals surface area (Å²) in [4.78, 5) is 27.2. The van der Waals surface area contributed by atoms with Crippen molar-refractivity contribution in [2.45, 2.75) is 20.3 Å². The zero-order chi connectivity index (χ0) is 14.1. The van der Waals surface area contributed by atoms with Gasteiger partial charge >= 0.3 is 0 Å². The first-order valence-electron chi connectivity index (χ1n) is 6.42. The predicted molar refractivity (Wildman–Crippen MR) is 74.0 cm³/mol. The average molecular weight is 264 g/mol. The van der Waals surface area contributed by atoms with Crippen LogP contribution in [0.25, 0.3) is 0 Å². The summed E-state index contributed by atoms with van der Waals surface area (Å²) in [7, 11) is 0. The average Bonchev–Trinajstić information content (AvgIpc) is 2.43. The van der Waals surface area contributed by atoms with Gasteiger partial charge in [0.05, 0.1) is 6.54 Å². The molecular formula is C13H20N4O2. The van der Waals surface area contributed by atoms with E-state index >= 15 is 0 Å². The number of likely N-dealkylation sites (N-methyl/N-ethyl adjacent to an activating group) is 1. The van der Waals surface area contributed by atoms with Crippen LogP contribution in [0.2, 0.25) is 0 Å². The van der Waals surface area contributed by atoms with Crippen LogP contribution in [0.5, 0.6) is 0 Å². The molecule has 0 fully saturated rings. The van der Waals surface area contributed by atoms with Gasteiger partial charge < -0.3 is 16.0 Å². The number of nitrogens with one attached hydrogen (secondary N) is 3. The van der Waals surface area contributed by atoms with Gasteiger partial charge in [0.2, 0.25) is 5.91 Å². The van der Waals surface area contributed by atoms with Crippen LogP contribution in [0, 0.1) is 0 Å². The summed E-state index contributed by atoms with van der Waals surface area (Å²) in [6.45, 7) is 5.21. The highest BCUT2D eigenvalue weighted by Gasteiger charge is 2.08. The van der Waals surface area contributed by atoms with Crippen molar-refractivity contribution in [3.05, 3.63) is 23.9 Å². The molecule has 0 saturated heterocycles. The van der Waals surface area contributed by atoms with Gasteiger partial charge in [0.1, 0.15) is 5.82 Å². The molecule has 0 bridgehead atoms. The zero-order valence-electron chi connectivity index (χ0n) is 11.3. The molecule has 1 heterocycles. The van der Waals surface area contributed by atoms with E-state index < -0.39 is 0 Å². The quantitative estimate of drug-likeness (QED) is 0.679. The van der Waals surface area contributed by atoms with Gasteiger partial charge in [-0.1, -0.05) is 6.92 Å². The normalized spacial score (nSPS) is 9.79. The minimum atomic E-state index is -0.284. The van der Waals surface area contributed by atoms with Crippen LogP contribution in [0.4, 0.5) is 5.82 Å². The van der Waals surface area contributed by atoms with Crippen molar-refractivity contribution in [3.63, 3.8) is 0 Å². The summed E-state index contributed by atoms with van der Waals surface area (Å²) < 4.78 is 0. The van der Waals surface area contributed by atoms with Crippen molar-refractivity contribution in [1.29, 1.82) is 0 Å². The summed E-state index contributed by atoms with van der Waals surface area (Å²) in [6.07, 6.45) is 2.55. The first-order chi connectivity index (χ1) is 9.17. The third-order valence-electron chi connectivity index (χ3n) is 2.36. The molecule has 0 aliphatic rings. The fraction of sp³-hybridized carbons (Fsp3) is 0.462. The van der Waals surface area contributed by atoms with Gasteiger partial charge in [-0.15, -0.1) is 0 Å². The lowest BCUT2D eigenvalue weighted by atomic mass is 10.2. The van der Waals surface area contributed by atoms with Crippen LogP contribution in [0.15, 0.2) is 18.3 Å². The number of anilines is 1. The number of nitrogens with zero attached hydrogens (tertiary/aromatic N) is 1. The SMILES string of the molecule is CCCNc1cc(C(=O)NCC(=O)NCC)ccn1. The van der Waals surface area contributed by atoms with Gasteiger partial charge in [-0.2, -0.15) is 0 Å². The van der Waals surface area contributed by atoms with Crippen molar-refractivity contribution in [3.8, 4) is 0 Å². The summed E-state index contributed by atoms with van der Waals surface area (Å²) >= 11 is 0. The van der Waals surface area contributed by atoms with E-state index in [0.29, 0.717) is 17.9 Å². The second-order valence-electron chi connectivity index (χ2n) is 3.99. The molecule has 6 heteroatoms. The molecule has 0 aliphatic heterocycles. The fourth-order valence-corrected chi connectivity index (χ4v) is 1.44. The largest absolute Gasteiger partial charge is 0.370 e. The van der Waals surface area contributed by atoms with E-state index in [1.165, 1.54) is 0 Å². The number of rotatable bonds is 7. The summed E-state index contributed by atoms with van der Waals surface area (Å²) in [5.41, 5.74) is 0.484. The number of aromatic nitrogens is 1. The molecule has 0 aliphatic carbocycles. The second-order valence-corrected chi connectivity index (χ2v) is 3.99. The first kappa shape index (κ1) is 14.9. The maximum atomic E-state index is 11.8. The Morgan fingerprint density at radius 3 is 2.74 bits per heavy atom. The van der Waals surface area contributed by atoms with Crippen molar-refractivity contribution >= 4 is 17.6 Å². The Kier molecular flexibility index (Phi) is 6.35. The molecule has 0 aromatic carbocycles. The first-order valence-corrected chi connectivity index (χ1v) is 6.42. The highest BCUT2D eigenvalue weighted by molar-refractivity contribution is 5.96. The smallest absolute Gasteiger partial charge is 0.251 e. The van der Waals surface area contributed by atoms with E-state index in [9.17, 15) is 9.59 Å². The molecule has 3 N–H and O–H groups in total. The maximum Gasteiger partial charge on any atom is 0.251 e. The molecule has 1 aromatic heterocycles. The van der Waals surface area contributed by atoms with Gasteiger partial charge in [0, 0.05) is 24.8 Å². The van der Waals surface area contributed by atoms with Crippen molar-refractivity contribution in [1.82, 2.24) is 15.6 Å². The number of pyridine rings is 1. The molecule has 1 rings (SSSR count). The monoisotopic (exact) mass is 264 g/mol. The minimum Gasteiger partial charge on any atom is -0.370 e. The molecule has 0 spiro atoms. The molecule has 1 aromatic rings. The number of amides is 2. The molecule has 104 valence electrons. The molecule has 0 radical (unpaired) electrons. The Bertz CT molecular complexity index is 434. The molecule has 0 saturated carbocycles. The Hall–Kier alpha value is -2.11. The van der Waals surface area contributed by atoms with E-state index in [4.69, 9.17) is 0 Å². The molecule has 19 heavy (non-hydrogen) atoms. The Labute approximate surface area is 113 Å². The maximum absolute atomic E-state index is 11.8. The number of hydrogen-bond acceptors (Lipinski definition) is 4. The summed E-state index contributed by atoms with van der Waals surface area (Å²) in [5, 5.41) is 8.28. The minimum absolute atomic E-state index is 0.0211. The van der Waals surface area contributed by atoms with E-state index in [0.717, 1.165) is 13.0 Å². The highest BCUT2D eigenvalue weighted by atomic mass is 16.2. The predicted octanol–water partition coefficient (Wildman–Crippen LogP) is 0.769. The van der Waals surface area contributed by atoms with Gasteiger partial charge in [-0.05, 0) is 25.5 Å². The molecule has 6 nitrogen and oxygen atoms in total. The van der Waals surface area contributed by atoms with Crippen molar-refractivity contribution < 1.29 is 9.59 Å². The van der Waals surface area contributed by atoms with Gasteiger partial charge in [0.15, 0.2) is 0 Å². The van der Waals surface area contributed by atoms with Gasteiger partial charge in [0.25, 0.3) is 5.91 Å². The Balaban J connectivity index is 2.54. The highest BCUT2D eigenvalue weighted by Crippen LogP contribution is 2.06. The molecule has 0 atom stereocenters. The number of hydrogen-bond donors (Lipinski definition) is 3. The van der Waals surface area contributed by atoms with Crippen LogP contribution in [-0.4, -0.2) is 36.4 Å². The van der Waals surface area contributed by atoms with Crippen molar-refractivity contribution in [2.75, 3.05) is 25.0 Å². The standard InChI is InChI=1S/C13H20N4O2/c1-3-6-15-11-8-10(5-7-16-11)13(19)17-9-12(18)14-4-2/h5,7-8H,3-4,6,9H2,1-2H3,(H,14,18)(H,15,16)(H,17,19). The van der Waals surface area contributed by atoms with Gasteiger partial charge in [-0.3, -0.25) is 9.59 Å². The lowest BCUT2D eigenvalue weighted by Crippen LogP contribution is -2.36. The van der Waals surface area contributed by atoms with Crippen LogP contribution in [0.3, 0.4) is 0 Å². The number of carbonyl (C=O) groups excluding carboxylic acids is 2.